The first-order valence-electron chi connectivity index (χ1n) is 6.36. The minimum atomic E-state index is -3.65. The Morgan fingerprint density at radius 3 is 2.57 bits per heavy atom. The number of nitrogens with one attached hydrogen (secondary N) is 1. The third kappa shape index (κ3) is 2.80. The Balaban J connectivity index is 1.96. The molecule has 0 unspecified atom stereocenters. The van der Waals surface area contributed by atoms with E-state index in [0.29, 0.717) is 11.0 Å². The number of rotatable bonds is 4. The van der Waals surface area contributed by atoms with Crippen molar-refractivity contribution in [1.29, 1.82) is 0 Å². The van der Waals surface area contributed by atoms with Gasteiger partial charge in [-0.3, -0.25) is 0 Å². The van der Waals surface area contributed by atoms with Crippen LogP contribution in [-0.2, 0) is 10.0 Å². The second kappa shape index (κ2) is 5.51. The van der Waals surface area contributed by atoms with E-state index in [2.05, 4.69) is 13.5 Å². The Bertz CT molecular complexity index is 860. The van der Waals surface area contributed by atoms with Crippen LogP contribution in [0.1, 0.15) is 18.5 Å². The highest BCUT2D eigenvalue weighted by molar-refractivity contribution is 7.89. The molecule has 3 aromatic rings. The molecule has 0 fully saturated rings. The zero-order chi connectivity index (χ0) is 14.9. The van der Waals surface area contributed by atoms with Crippen LogP contribution in [0.2, 0.25) is 0 Å². The van der Waals surface area contributed by atoms with Gasteiger partial charge in [-0.1, -0.05) is 36.4 Å². The van der Waals surface area contributed by atoms with Crippen molar-refractivity contribution in [2.24, 2.45) is 0 Å². The van der Waals surface area contributed by atoms with E-state index in [1.807, 2.05) is 37.3 Å². The summed E-state index contributed by atoms with van der Waals surface area (Å²) in [5, 5.41) is 0. The fraction of sp³-hybridized carbons (Fsp3) is 0.143. The van der Waals surface area contributed by atoms with Gasteiger partial charge in [0, 0.05) is 6.04 Å². The molecule has 0 aliphatic rings. The molecule has 0 saturated heterocycles. The van der Waals surface area contributed by atoms with Crippen LogP contribution in [0.15, 0.2) is 53.4 Å². The lowest BCUT2D eigenvalue weighted by Gasteiger charge is -2.14. The van der Waals surface area contributed by atoms with Gasteiger partial charge in [-0.05, 0) is 24.6 Å². The molecule has 108 valence electrons. The molecule has 2 aromatic carbocycles. The van der Waals surface area contributed by atoms with Crippen LogP contribution in [0.5, 0.6) is 0 Å². The predicted octanol–water partition coefficient (Wildman–Crippen LogP) is 2.73. The van der Waals surface area contributed by atoms with Gasteiger partial charge in [-0.25, -0.2) is 13.1 Å². The number of aromatic nitrogens is 2. The van der Waals surface area contributed by atoms with Crippen molar-refractivity contribution in [2.45, 2.75) is 17.9 Å². The highest BCUT2D eigenvalue weighted by Gasteiger charge is 2.22. The average Bonchev–Trinajstić information content (AvgIpc) is 2.95. The zero-order valence-corrected chi connectivity index (χ0v) is 12.9. The molecule has 3 rings (SSSR count). The van der Waals surface area contributed by atoms with Gasteiger partial charge < -0.3 is 0 Å². The fourth-order valence-corrected chi connectivity index (χ4v) is 4.10. The molecule has 21 heavy (non-hydrogen) atoms. The smallest absolute Gasteiger partial charge is 0.207 e. The molecule has 0 bridgehead atoms. The molecule has 1 heterocycles. The summed E-state index contributed by atoms with van der Waals surface area (Å²) in [5.41, 5.74) is 1.91. The van der Waals surface area contributed by atoms with Crippen molar-refractivity contribution in [1.82, 2.24) is 13.5 Å². The lowest BCUT2D eigenvalue weighted by Crippen LogP contribution is -2.27. The summed E-state index contributed by atoms with van der Waals surface area (Å²) >= 11 is 1.01. The molecule has 0 saturated carbocycles. The van der Waals surface area contributed by atoms with Gasteiger partial charge in [-0.2, -0.15) is 8.75 Å². The topological polar surface area (TPSA) is 72.0 Å². The van der Waals surface area contributed by atoms with Crippen molar-refractivity contribution >= 4 is 32.8 Å². The third-order valence-corrected chi connectivity index (χ3v) is 5.28. The first kappa shape index (κ1) is 14.1. The molecule has 1 atom stereocenters. The number of hydrogen-bond donors (Lipinski definition) is 1. The van der Waals surface area contributed by atoms with Gasteiger partial charge >= 0.3 is 0 Å². The lowest BCUT2D eigenvalue weighted by molar-refractivity contribution is 0.567. The van der Waals surface area contributed by atoms with Crippen molar-refractivity contribution in [3.8, 4) is 0 Å². The van der Waals surface area contributed by atoms with Crippen LogP contribution < -0.4 is 4.72 Å². The molecule has 0 aliphatic heterocycles. The summed E-state index contributed by atoms with van der Waals surface area (Å²) in [6, 6.07) is 14.1. The van der Waals surface area contributed by atoms with Crippen LogP contribution in [0.25, 0.3) is 11.0 Å². The summed E-state index contributed by atoms with van der Waals surface area (Å²) in [5.74, 6) is 0. The molecule has 1 N–H and O–H groups in total. The monoisotopic (exact) mass is 319 g/mol. The molecule has 1 aromatic heterocycles. The van der Waals surface area contributed by atoms with Crippen molar-refractivity contribution < 1.29 is 8.42 Å². The Labute approximate surface area is 127 Å². The van der Waals surface area contributed by atoms with Crippen molar-refractivity contribution in [2.75, 3.05) is 0 Å². The number of benzene rings is 2. The summed E-state index contributed by atoms with van der Waals surface area (Å²) in [6.45, 7) is 1.81. The average molecular weight is 319 g/mol. The lowest BCUT2D eigenvalue weighted by atomic mass is 10.1. The van der Waals surface area contributed by atoms with E-state index < -0.39 is 10.0 Å². The zero-order valence-electron chi connectivity index (χ0n) is 11.2. The number of sulfonamides is 1. The number of hydrogen-bond acceptors (Lipinski definition) is 5. The van der Waals surface area contributed by atoms with Crippen LogP contribution in [-0.4, -0.2) is 17.2 Å². The van der Waals surface area contributed by atoms with Gasteiger partial charge in [0.1, 0.15) is 15.9 Å². The van der Waals surface area contributed by atoms with E-state index in [-0.39, 0.29) is 10.9 Å². The van der Waals surface area contributed by atoms with Gasteiger partial charge in [0.15, 0.2) is 0 Å². The molecule has 0 aliphatic carbocycles. The van der Waals surface area contributed by atoms with E-state index in [9.17, 15) is 8.42 Å². The largest absolute Gasteiger partial charge is 0.243 e. The number of nitrogens with zero attached hydrogens (tertiary/aromatic N) is 2. The second-order valence-electron chi connectivity index (χ2n) is 4.64. The fourth-order valence-electron chi connectivity index (χ4n) is 2.10. The van der Waals surface area contributed by atoms with Gasteiger partial charge in [-0.15, -0.1) is 0 Å². The van der Waals surface area contributed by atoms with E-state index in [0.717, 1.165) is 17.3 Å². The van der Waals surface area contributed by atoms with Crippen molar-refractivity contribution in [3.63, 3.8) is 0 Å². The van der Waals surface area contributed by atoms with Crippen LogP contribution >= 0.6 is 11.7 Å². The number of fused-ring (bicyclic) bond motifs is 1. The standard InChI is InChI=1S/C14H13N3O2S2/c1-10(11-6-3-2-4-7-11)17-21(18,19)13-9-5-8-12-14(13)16-20-15-12/h2-10,17H,1H3/t10-/m0/s1. The molecular formula is C14H13N3O2S2. The molecule has 0 spiro atoms. The predicted molar refractivity (Wildman–Crippen MR) is 82.6 cm³/mol. The first-order valence-corrected chi connectivity index (χ1v) is 8.58. The highest BCUT2D eigenvalue weighted by atomic mass is 32.2. The minimum Gasteiger partial charge on any atom is -0.207 e. The molecule has 0 amide bonds. The van der Waals surface area contributed by atoms with Crippen LogP contribution in [0.4, 0.5) is 0 Å². The Hall–Kier alpha value is -1.83. The summed E-state index contributed by atoms with van der Waals surface area (Å²) in [6.07, 6.45) is 0. The second-order valence-corrected chi connectivity index (χ2v) is 6.85. The SMILES string of the molecule is C[C@H](NS(=O)(=O)c1cccc2nsnc12)c1ccccc1. The minimum absolute atomic E-state index is 0.163. The maximum absolute atomic E-state index is 12.6. The molecule has 5 nitrogen and oxygen atoms in total. The van der Waals surface area contributed by atoms with Crippen LogP contribution in [0, 0.1) is 0 Å². The van der Waals surface area contributed by atoms with Crippen molar-refractivity contribution in [3.05, 3.63) is 54.1 Å². The van der Waals surface area contributed by atoms with E-state index in [1.54, 1.807) is 18.2 Å². The van der Waals surface area contributed by atoms with Gasteiger partial charge in [0.25, 0.3) is 0 Å². The highest BCUT2D eigenvalue weighted by Crippen LogP contribution is 2.23. The maximum atomic E-state index is 12.6. The van der Waals surface area contributed by atoms with Crippen LogP contribution in [0.3, 0.4) is 0 Å². The summed E-state index contributed by atoms with van der Waals surface area (Å²) in [7, 11) is -3.65. The third-order valence-electron chi connectivity index (χ3n) is 3.17. The Kier molecular flexibility index (Phi) is 3.71. The summed E-state index contributed by atoms with van der Waals surface area (Å²) < 4.78 is 35.9. The first-order chi connectivity index (χ1) is 10.1. The van der Waals surface area contributed by atoms with E-state index >= 15 is 0 Å². The van der Waals surface area contributed by atoms with Gasteiger partial charge in [0.2, 0.25) is 10.0 Å². The maximum Gasteiger partial charge on any atom is 0.243 e. The summed E-state index contributed by atoms with van der Waals surface area (Å²) in [4.78, 5) is 0.163. The molecule has 0 radical (unpaired) electrons. The van der Waals surface area contributed by atoms with E-state index in [4.69, 9.17) is 0 Å². The van der Waals surface area contributed by atoms with E-state index in [1.165, 1.54) is 0 Å². The molecular weight excluding hydrogens is 306 g/mol. The normalized spacial score (nSPS) is 13.4. The molecule has 7 heteroatoms. The Morgan fingerprint density at radius 1 is 1.05 bits per heavy atom. The van der Waals surface area contributed by atoms with Gasteiger partial charge in [0.05, 0.1) is 11.7 Å². The Morgan fingerprint density at radius 2 is 1.81 bits per heavy atom. The quantitative estimate of drug-likeness (QED) is 0.802.